The molecule has 6 nitrogen and oxygen atoms in total. The predicted octanol–water partition coefficient (Wildman–Crippen LogP) is 4.13. The van der Waals surface area contributed by atoms with Crippen LogP contribution in [0.25, 0.3) is 10.1 Å². The molecule has 1 unspecified atom stereocenters. The Morgan fingerprint density at radius 3 is 2.54 bits per heavy atom. The fourth-order valence-electron chi connectivity index (χ4n) is 2.07. The Bertz CT molecular complexity index is 914. The summed E-state index contributed by atoms with van der Waals surface area (Å²) in [5, 5.41) is 9.80. The standard InChI is InChI=1S/C16H19NO5S2/c1-16(2,3)22-15(20)17-24(4,21)9-10-5-6-12-11(7-10)8-13(23-12)14(18)19/h5-8H,9H2,1-4H3,(H,18,19). The van der Waals surface area contributed by atoms with E-state index in [-0.39, 0.29) is 10.6 Å². The number of thiophene rings is 1. The first kappa shape index (κ1) is 18.4. The molecule has 0 spiro atoms. The predicted molar refractivity (Wildman–Crippen MR) is 95.2 cm³/mol. The second kappa shape index (κ2) is 6.52. The zero-order chi connectivity index (χ0) is 18.1. The fourth-order valence-corrected chi connectivity index (χ4v) is 4.16. The minimum atomic E-state index is -2.80. The van der Waals surface area contributed by atoms with Gasteiger partial charge in [0.2, 0.25) is 0 Å². The van der Waals surface area contributed by atoms with E-state index in [1.54, 1.807) is 45.0 Å². The van der Waals surface area contributed by atoms with Crippen LogP contribution in [0.15, 0.2) is 28.6 Å². The van der Waals surface area contributed by atoms with Gasteiger partial charge in [0.25, 0.3) is 0 Å². The highest BCUT2D eigenvalue weighted by Gasteiger charge is 2.18. The van der Waals surface area contributed by atoms with Crippen molar-refractivity contribution in [2.24, 2.45) is 4.36 Å². The number of benzene rings is 1. The van der Waals surface area contributed by atoms with Gasteiger partial charge >= 0.3 is 12.1 Å². The summed E-state index contributed by atoms with van der Waals surface area (Å²) in [7, 11) is -2.80. The number of carboxylic acids is 1. The van der Waals surface area contributed by atoms with Crippen LogP contribution in [0.4, 0.5) is 4.79 Å². The highest BCUT2D eigenvalue weighted by Crippen LogP contribution is 2.27. The summed E-state index contributed by atoms with van der Waals surface area (Å²) < 4.78 is 22.1. The normalized spacial score (nSPS) is 14.2. The maximum Gasteiger partial charge on any atom is 0.442 e. The highest BCUT2D eigenvalue weighted by molar-refractivity contribution is 7.92. The number of hydrogen-bond acceptors (Lipinski definition) is 5. The van der Waals surface area contributed by atoms with Crippen LogP contribution in [0.3, 0.4) is 0 Å². The van der Waals surface area contributed by atoms with E-state index in [0.717, 1.165) is 15.6 Å². The fraction of sp³-hybridized carbons (Fsp3) is 0.375. The summed E-state index contributed by atoms with van der Waals surface area (Å²) in [5.41, 5.74) is 0.0240. The molecule has 0 saturated carbocycles. The lowest BCUT2D eigenvalue weighted by Crippen LogP contribution is -2.22. The molecule has 1 aromatic carbocycles. The van der Waals surface area contributed by atoms with Gasteiger partial charge < -0.3 is 9.84 Å². The molecule has 1 N–H and O–H groups in total. The summed E-state index contributed by atoms with van der Waals surface area (Å²) in [5.74, 6) is -0.891. The molecule has 1 atom stereocenters. The number of amides is 1. The minimum absolute atomic E-state index is 0.0838. The number of fused-ring (bicyclic) bond motifs is 1. The number of aromatic carboxylic acids is 1. The Hall–Kier alpha value is -1.93. The van der Waals surface area contributed by atoms with Gasteiger partial charge in [-0.25, -0.2) is 13.8 Å². The molecule has 0 saturated heterocycles. The average Bonchev–Trinajstić information content (AvgIpc) is 2.77. The average molecular weight is 369 g/mol. The Morgan fingerprint density at radius 1 is 1.29 bits per heavy atom. The van der Waals surface area contributed by atoms with Crippen molar-refractivity contribution in [1.82, 2.24) is 0 Å². The Labute approximate surface area is 144 Å². The summed E-state index contributed by atoms with van der Waals surface area (Å²) in [6.07, 6.45) is 0.553. The summed E-state index contributed by atoms with van der Waals surface area (Å²) in [6, 6.07) is 6.89. The topological polar surface area (TPSA) is 93.0 Å². The van der Waals surface area contributed by atoms with Gasteiger partial charge in [0.05, 0.1) is 15.5 Å². The first-order chi connectivity index (χ1) is 11.0. The molecule has 1 heterocycles. The van der Waals surface area contributed by atoms with Crippen LogP contribution in [0.1, 0.15) is 36.0 Å². The summed E-state index contributed by atoms with van der Waals surface area (Å²) in [6.45, 7) is 5.13. The van der Waals surface area contributed by atoms with Gasteiger partial charge in [-0.3, -0.25) is 0 Å². The molecule has 0 aliphatic heterocycles. The van der Waals surface area contributed by atoms with Gasteiger partial charge in [-0.2, -0.15) is 0 Å². The van der Waals surface area contributed by atoms with Crippen molar-refractivity contribution in [2.45, 2.75) is 32.1 Å². The summed E-state index contributed by atoms with van der Waals surface area (Å²) >= 11 is 1.18. The van der Waals surface area contributed by atoms with E-state index in [2.05, 4.69) is 4.36 Å². The van der Waals surface area contributed by atoms with Crippen LogP contribution in [-0.4, -0.2) is 33.2 Å². The number of hydrogen-bond donors (Lipinski definition) is 1. The zero-order valence-electron chi connectivity index (χ0n) is 13.9. The maximum absolute atomic E-state index is 12.5. The van der Waals surface area contributed by atoms with E-state index in [4.69, 9.17) is 9.84 Å². The van der Waals surface area contributed by atoms with E-state index in [1.807, 2.05) is 0 Å². The SMILES string of the molecule is CC(C)(C)OC(=O)N=S(C)(=O)Cc1ccc2sc(C(=O)O)cc2c1. The number of carboxylic acid groups (broad SMARTS) is 1. The number of rotatable bonds is 3. The first-order valence-electron chi connectivity index (χ1n) is 7.14. The van der Waals surface area contributed by atoms with Crippen LogP contribution in [0.5, 0.6) is 0 Å². The third-order valence-corrected chi connectivity index (χ3v) is 5.40. The smallest absolute Gasteiger partial charge is 0.442 e. The van der Waals surface area contributed by atoms with Crippen molar-refractivity contribution >= 4 is 43.2 Å². The molecule has 130 valence electrons. The van der Waals surface area contributed by atoms with Crippen LogP contribution in [-0.2, 0) is 20.2 Å². The lowest BCUT2D eigenvalue weighted by molar-refractivity contribution is 0.0606. The van der Waals surface area contributed by atoms with Crippen molar-refractivity contribution in [1.29, 1.82) is 0 Å². The van der Waals surface area contributed by atoms with Gasteiger partial charge in [-0.15, -0.1) is 15.7 Å². The monoisotopic (exact) mass is 369 g/mol. The minimum Gasteiger partial charge on any atom is -0.477 e. The van der Waals surface area contributed by atoms with Gasteiger partial charge in [-0.05, 0) is 49.9 Å². The van der Waals surface area contributed by atoms with Gasteiger partial charge in [0.1, 0.15) is 10.5 Å². The third-order valence-electron chi connectivity index (χ3n) is 2.89. The van der Waals surface area contributed by atoms with Gasteiger partial charge in [0, 0.05) is 11.0 Å². The second-order valence-corrected chi connectivity index (χ2v) is 9.94. The van der Waals surface area contributed by atoms with Crippen LogP contribution in [0.2, 0.25) is 0 Å². The van der Waals surface area contributed by atoms with E-state index >= 15 is 0 Å². The van der Waals surface area contributed by atoms with E-state index in [1.165, 1.54) is 17.6 Å². The van der Waals surface area contributed by atoms with E-state index in [0.29, 0.717) is 0 Å². The molecule has 2 aromatic rings. The van der Waals surface area contributed by atoms with Crippen LogP contribution < -0.4 is 0 Å². The molecule has 0 fully saturated rings. The van der Waals surface area contributed by atoms with Crippen molar-refractivity contribution < 1.29 is 23.6 Å². The van der Waals surface area contributed by atoms with Crippen molar-refractivity contribution in [3.8, 4) is 0 Å². The number of carbonyl (C=O) groups excluding carboxylic acids is 1. The Balaban J connectivity index is 2.25. The number of ether oxygens (including phenoxy) is 1. The number of carbonyl (C=O) groups is 2. The van der Waals surface area contributed by atoms with Crippen molar-refractivity contribution in [2.75, 3.05) is 6.26 Å². The molecule has 24 heavy (non-hydrogen) atoms. The molecule has 0 radical (unpaired) electrons. The quantitative estimate of drug-likeness (QED) is 0.878. The molecule has 8 heteroatoms. The molecule has 1 aromatic heterocycles. The molecule has 1 amide bonds. The molecular formula is C16H19NO5S2. The van der Waals surface area contributed by atoms with Gasteiger partial charge in [0.15, 0.2) is 0 Å². The largest absolute Gasteiger partial charge is 0.477 e. The van der Waals surface area contributed by atoms with E-state index in [9.17, 15) is 13.8 Å². The lowest BCUT2D eigenvalue weighted by Gasteiger charge is -2.17. The molecule has 0 bridgehead atoms. The maximum atomic E-state index is 12.5. The van der Waals surface area contributed by atoms with Gasteiger partial charge in [-0.1, -0.05) is 6.07 Å². The van der Waals surface area contributed by atoms with Crippen molar-refractivity contribution in [3.05, 3.63) is 34.7 Å². The number of nitrogens with zero attached hydrogens (tertiary/aromatic N) is 1. The highest BCUT2D eigenvalue weighted by atomic mass is 32.2. The Kier molecular flexibility index (Phi) is 5.00. The Morgan fingerprint density at radius 2 is 1.96 bits per heavy atom. The molecule has 0 aliphatic rings. The third kappa shape index (κ3) is 5.04. The zero-order valence-corrected chi connectivity index (χ0v) is 15.5. The summed E-state index contributed by atoms with van der Waals surface area (Å²) in [4.78, 5) is 23.0. The molecular weight excluding hydrogens is 350 g/mol. The first-order valence-corrected chi connectivity index (χ1v) is 10.0. The van der Waals surface area contributed by atoms with E-state index < -0.39 is 27.4 Å². The van der Waals surface area contributed by atoms with Crippen LogP contribution in [0, 0.1) is 0 Å². The van der Waals surface area contributed by atoms with Crippen LogP contribution >= 0.6 is 11.3 Å². The molecule has 0 aliphatic carbocycles. The van der Waals surface area contributed by atoms with Crippen molar-refractivity contribution in [3.63, 3.8) is 0 Å². The second-order valence-electron chi connectivity index (χ2n) is 6.46. The lowest BCUT2D eigenvalue weighted by atomic mass is 10.2. The molecule has 2 rings (SSSR count).